The predicted octanol–water partition coefficient (Wildman–Crippen LogP) is 2.44. The molecular formula is C16H23NO2. The number of ether oxygens (including phenoxy) is 1. The van der Waals surface area contributed by atoms with Gasteiger partial charge in [0, 0.05) is 19.1 Å². The summed E-state index contributed by atoms with van der Waals surface area (Å²) in [7, 11) is 0. The SMILES string of the molecule is OC1CN(C2CCCCC2)CC1Oc1ccccc1. The molecule has 1 aliphatic heterocycles. The van der Waals surface area contributed by atoms with Gasteiger partial charge in [-0.25, -0.2) is 0 Å². The van der Waals surface area contributed by atoms with Gasteiger partial charge in [-0.15, -0.1) is 0 Å². The molecule has 1 saturated carbocycles. The molecule has 3 nitrogen and oxygen atoms in total. The van der Waals surface area contributed by atoms with E-state index in [4.69, 9.17) is 4.74 Å². The maximum atomic E-state index is 10.2. The topological polar surface area (TPSA) is 32.7 Å². The van der Waals surface area contributed by atoms with Crippen molar-refractivity contribution in [1.82, 2.24) is 4.90 Å². The number of likely N-dealkylation sites (tertiary alicyclic amines) is 1. The molecule has 1 heterocycles. The summed E-state index contributed by atoms with van der Waals surface area (Å²) in [5.41, 5.74) is 0. The second-order valence-electron chi connectivity index (χ2n) is 5.78. The second-order valence-corrected chi connectivity index (χ2v) is 5.78. The van der Waals surface area contributed by atoms with Gasteiger partial charge in [0.25, 0.3) is 0 Å². The minimum Gasteiger partial charge on any atom is -0.486 e. The molecule has 1 aromatic carbocycles. The molecule has 0 amide bonds. The van der Waals surface area contributed by atoms with E-state index in [2.05, 4.69) is 4.90 Å². The van der Waals surface area contributed by atoms with E-state index in [1.807, 2.05) is 30.3 Å². The van der Waals surface area contributed by atoms with Gasteiger partial charge >= 0.3 is 0 Å². The zero-order valence-corrected chi connectivity index (χ0v) is 11.4. The zero-order valence-electron chi connectivity index (χ0n) is 11.4. The number of benzene rings is 1. The highest BCUT2D eigenvalue weighted by molar-refractivity contribution is 5.21. The average molecular weight is 261 g/mol. The molecular weight excluding hydrogens is 238 g/mol. The van der Waals surface area contributed by atoms with Crippen LogP contribution in [0.3, 0.4) is 0 Å². The highest BCUT2D eigenvalue weighted by Crippen LogP contribution is 2.27. The fraction of sp³-hybridized carbons (Fsp3) is 0.625. The van der Waals surface area contributed by atoms with Crippen molar-refractivity contribution in [2.75, 3.05) is 13.1 Å². The Morgan fingerprint density at radius 1 is 1.00 bits per heavy atom. The van der Waals surface area contributed by atoms with Crippen LogP contribution in [0, 0.1) is 0 Å². The molecule has 104 valence electrons. The van der Waals surface area contributed by atoms with Gasteiger partial charge in [0.05, 0.1) is 0 Å². The van der Waals surface area contributed by atoms with Gasteiger partial charge in [0.1, 0.15) is 18.0 Å². The van der Waals surface area contributed by atoms with Crippen LogP contribution >= 0.6 is 0 Å². The fourth-order valence-corrected chi connectivity index (χ4v) is 3.32. The molecule has 2 aliphatic rings. The lowest BCUT2D eigenvalue weighted by atomic mass is 9.94. The lowest BCUT2D eigenvalue weighted by Crippen LogP contribution is -2.36. The van der Waals surface area contributed by atoms with Gasteiger partial charge in [-0.3, -0.25) is 4.90 Å². The Hall–Kier alpha value is -1.06. The average Bonchev–Trinajstić information content (AvgIpc) is 2.82. The summed E-state index contributed by atoms with van der Waals surface area (Å²) >= 11 is 0. The van der Waals surface area contributed by atoms with E-state index in [9.17, 15) is 5.11 Å². The molecule has 19 heavy (non-hydrogen) atoms. The fourth-order valence-electron chi connectivity index (χ4n) is 3.32. The maximum Gasteiger partial charge on any atom is 0.138 e. The van der Waals surface area contributed by atoms with E-state index in [1.54, 1.807) is 0 Å². The Kier molecular flexibility index (Phi) is 4.04. The van der Waals surface area contributed by atoms with Gasteiger partial charge in [-0.1, -0.05) is 37.5 Å². The highest BCUT2D eigenvalue weighted by Gasteiger charge is 2.36. The van der Waals surface area contributed by atoms with E-state index in [0.717, 1.165) is 18.8 Å². The van der Waals surface area contributed by atoms with Gasteiger partial charge in [0.2, 0.25) is 0 Å². The standard InChI is InChI=1S/C16H23NO2/c18-15-11-17(13-7-3-1-4-8-13)12-16(15)19-14-9-5-2-6-10-14/h2,5-6,9-10,13,15-16,18H,1,3-4,7-8,11-12H2. The summed E-state index contributed by atoms with van der Waals surface area (Å²) in [6.07, 6.45) is 6.17. The number of para-hydroxylation sites is 1. The molecule has 2 unspecified atom stereocenters. The molecule has 0 radical (unpaired) electrons. The number of aliphatic hydroxyl groups excluding tert-OH is 1. The third-order valence-electron chi connectivity index (χ3n) is 4.39. The predicted molar refractivity (Wildman–Crippen MR) is 75.3 cm³/mol. The van der Waals surface area contributed by atoms with Crippen molar-refractivity contribution in [3.8, 4) is 5.75 Å². The van der Waals surface area contributed by atoms with E-state index >= 15 is 0 Å². The number of rotatable bonds is 3. The van der Waals surface area contributed by atoms with E-state index in [1.165, 1.54) is 32.1 Å². The van der Waals surface area contributed by atoms with Crippen molar-refractivity contribution in [2.45, 2.75) is 50.4 Å². The Bertz CT molecular complexity index is 389. The third kappa shape index (κ3) is 3.10. The summed E-state index contributed by atoms with van der Waals surface area (Å²) < 4.78 is 5.92. The number of nitrogens with zero attached hydrogens (tertiary/aromatic N) is 1. The largest absolute Gasteiger partial charge is 0.486 e. The van der Waals surface area contributed by atoms with Gasteiger partial charge < -0.3 is 9.84 Å². The van der Waals surface area contributed by atoms with E-state index in [-0.39, 0.29) is 12.2 Å². The first-order valence-corrected chi connectivity index (χ1v) is 7.47. The molecule has 0 bridgehead atoms. The summed E-state index contributed by atoms with van der Waals surface area (Å²) in [5.74, 6) is 0.858. The first-order chi connectivity index (χ1) is 9.33. The normalized spacial score (nSPS) is 29.5. The number of β-amino-alcohol motifs (C(OH)–C–C–N with tert-alkyl or cyclic N) is 1. The smallest absolute Gasteiger partial charge is 0.138 e. The molecule has 0 spiro atoms. The summed E-state index contributed by atoms with van der Waals surface area (Å²) in [6, 6.07) is 10.5. The Labute approximate surface area is 115 Å². The Morgan fingerprint density at radius 2 is 1.74 bits per heavy atom. The van der Waals surface area contributed by atoms with Gasteiger partial charge in [0.15, 0.2) is 0 Å². The van der Waals surface area contributed by atoms with Crippen LogP contribution in [0.5, 0.6) is 5.75 Å². The van der Waals surface area contributed by atoms with Crippen LogP contribution in [0.4, 0.5) is 0 Å². The number of hydrogen-bond acceptors (Lipinski definition) is 3. The molecule has 1 aliphatic carbocycles. The minimum atomic E-state index is -0.359. The van der Waals surface area contributed by atoms with Crippen molar-refractivity contribution in [2.24, 2.45) is 0 Å². The van der Waals surface area contributed by atoms with Gasteiger partial charge in [-0.05, 0) is 25.0 Å². The van der Waals surface area contributed by atoms with Crippen molar-refractivity contribution in [3.05, 3.63) is 30.3 Å². The molecule has 2 fully saturated rings. The van der Waals surface area contributed by atoms with Crippen LogP contribution in [0.25, 0.3) is 0 Å². The third-order valence-corrected chi connectivity index (χ3v) is 4.39. The Morgan fingerprint density at radius 3 is 2.47 bits per heavy atom. The number of aliphatic hydroxyl groups is 1. The maximum absolute atomic E-state index is 10.2. The quantitative estimate of drug-likeness (QED) is 0.907. The first-order valence-electron chi connectivity index (χ1n) is 7.47. The minimum absolute atomic E-state index is 0.0793. The Balaban J connectivity index is 1.58. The van der Waals surface area contributed by atoms with Crippen LogP contribution in [-0.4, -0.2) is 41.3 Å². The van der Waals surface area contributed by atoms with Crippen molar-refractivity contribution in [3.63, 3.8) is 0 Å². The monoisotopic (exact) mass is 261 g/mol. The van der Waals surface area contributed by atoms with Gasteiger partial charge in [-0.2, -0.15) is 0 Å². The molecule has 3 heteroatoms. The van der Waals surface area contributed by atoms with E-state index in [0.29, 0.717) is 6.04 Å². The molecule has 3 rings (SSSR count). The lowest BCUT2D eigenvalue weighted by molar-refractivity contribution is 0.0736. The number of hydrogen-bond donors (Lipinski definition) is 1. The first kappa shape index (κ1) is 12.9. The van der Waals surface area contributed by atoms with Crippen molar-refractivity contribution in [1.29, 1.82) is 0 Å². The van der Waals surface area contributed by atoms with Crippen LogP contribution in [0.2, 0.25) is 0 Å². The molecule has 1 aromatic rings. The van der Waals surface area contributed by atoms with Crippen LogP contribution < -0.4 is 4.74 Å². The molecule has 2 atom stereocenters. The highest BCUT2D eigenvalue weighted by atomic mass is 16.5. The lowest BCUT2D eigenvalue weighted by Gasteiger charge is -2.30. The molecule has 0 aromatic heterocycles. The van der Waals surface area contributed by atoms with Crippen molar-refractivity contribution >= 4 is 0 Å². The molecule has 1 N–H and O–H groups in total. The summed E-state index contributed by atoms with van der Waals surface area (Å²) in [6.45, 7) is 1.63. The molecule has 1 saturated heterocycles. The van der Waals surface area contributed by atoms with Crippen LogP contribution in [0.1, 0.15) is 32.1 Å². The van der Waals surface area contributed by atoms with Crippen molar-refractivity contribution < 1.29 is 9.84 Å². The zero-order chi connectivity index (χ0) is 13.1. The van der Waals surface area contributed by atoms with Crippen LogP contribution in [-0.2, 0) is 0 Å². The van der Waals surface area contributed by atoms with Crippen LogP contribution in [0.15, 0.2) is 30.3 Å². The second kappa shape index (κ2) is 5.93. The summed E-state index contributed by atoms with van der Waals surface area (Å²) in [5, 5.41) is 10.2. The summed E-state index contributed by atoms with van der Waals surface area (Å²) in [4.78, 5) is 2.43. The van der Waals surface area contributed by atoms with E-state index < -0.39 is 0 Å².